The van der Waals surface area contributed by atoms with Gasteiger partial charge in [-0.1, -0.05) is 0 Å². The van der Waals surface area contributed by atoms with Crippen LogP contribution in [0.2, 0.25) is 0 Å². The first-order valence-corrected chi connectivity index (χ1v) is 6.76. The van der Waals surface area contributed by atoms with E-state index in [1.165, 1.54) is 6.42 Å². The predicted molar refractivity (Wildman–Crippen MR) is 72.1 cm³/mol. The van der Waals surface area contributed by atoms with Gasteiger partial charge in [0, 0.05) is 12.3 Å². The van der Waals surface area contributed by atoms with E-state index in [1.807, 2.05) is 32.9 Å². The summed E-state index contributed by atoms with van der Waals surface area (Å²) < 4.78 is 11.1. The fourth-order valence-electron chi connectivity index (χ4n) is 1.83. The Labute approximate surface area is 114 Å². The Hall–Kier alpha value is -1.58. The van der Waals surface area contributed by atoms with Crippen molar-refractivity contribution in [1.82, 2.24) is 4.98 Å². The molecule has 1 aromatic heterocycles. The second kappa shape index (κ2) is 5.59. The lowest BCUT2D eigenvalue weighted by Crippen LogP contribution is -2.25. The second-order valence-electron chi connectivity index (χ2n) is 5.92. The quantitative estimate of drug-likeness (QED) is 0.784. The molecular weight excluding hydrogens is 242 g/mol. The molecule has 104 valence electrons. The molecule has 1 aliphatic carbocycles. The number of carbonyl (C=O) groups excluding carboxylic acids is 1. The van der Waals surface area contributed by atoms with Crippen LogP contribution in [0.1, 0.15) is 45.7 Å². The van der Waals surface area contributed by atoms with Crippen LogP contribution in [0.15, 0.2) is 18.3 Å². The van der Waals surface area contributed by atoms with Crippen molar-refractivity contribution >= 4 is 5.97 Å². The fourth-order valence-corrected chi connectivity index (χ4v) is 1.83. The van der Waals surface area contributed by atoms with E-state index in [4.69, 9.17) is 9.47 Å². The molecule has 0 amide bonds. The average molecular weight is 263 g/mol. The summed E-state index contributed by atoms with van der Waals surface area (Å²) in [6.45, 7) is 5.57. The van der Waals surface area contributed by atoms with Crippen molar-refractivity contribution in [2.45, 2.75) is 58.2 Å². The van der Waals surface area contributed by atoms with Gasteiger partial charge < -0.3 is 9.47 Å². The normalized spacial score (nSPS) is 15.7. The molecule has 2 rings (SSSR count). The molecule has 4 heteroatoms. The lowest BCUT2D eigenvalue weighted by Gasteiger charge is -2.26. The van der Waals surface area contributed by atoms with Gasteiger partial charge in [0.1, 0.15) is 11.4 Å². The largest absolute Gasteiger partial charge is 0.490 e. The van der Waals surface area contributed by atoms with Crippen LogP contribution in [0.4, 0.5) is 0 Å². The molecule has 0 aromatic carbocycles. The van der Waals surface area contributed by atoms with Crippen molar-refractivity contribution in [2.75, 3.05) is 0 Å². The highest BCUT2D eigenvalue weighted by Gasteiger charge is 2.20. The van der Waals surface area contributed by atoms with E-state index in [2.05, 4.69) is 4.98 Å². The lowest BCUT2D eigenvalue weighted by atomic mass is 9.96. The van der Waals surface area contributed by atoms with Crippen LogP contribution < -0.4 is 4.74 Å². The van der Waals surface area contributed by atoms with E-state index in [0.29, 0.717) is 11.8 Å². The molecule has 1 aromatic rings. The number of esters is 1. The van der Waals surface area contributed by atoms with Gasteiger partial charge in [-0.3, -0.25) is 9.78 Å². The maximum Gasteiger partial charge on any atom is 0.312 e. The highest BCUT2D eigenvalue weighted by Crippen LogP contribution is 2.25. The molecule has 0 bridgehead atoms. The van der Waals surface area contributed by atoms with Gasteiger partial charge in [-0.25, -0.2) is 0 Å². The van der Waals surface area contributed by atoms with Crippen LogP contribution in [0.5, 0.6) is 5.75 Å². The van der Waals surface area contributed by atoms with E-state index < -0.39 is 5.60 Å². The summed E-state index contributed by atoms with van der Waals surface area (Å²) in [5, 5.41) is 0. The van der Waals surface area contributed by atoms with Gasteiger partial charge in [0.25, 0.3) is 0 Å². The summed E-state index contributed by atoms with van der Waals surface area (Å²) >= 11 is 0. The fraction of sp³-hybridized carbons (Fsp3) is 0.600. The van der Waals surface area contributed by atoms with Gasteiger partial charge in [-0.15, -0.1) is 0 Å². The summed E-state index contributed by atoms with van der Waals surface area (Å²) in [6.07, 6.45) is 5.65. The Morgan fingerprint density at radius 3 is 2.74 bits per heavy atom. The summed E-state index contributed by atoms with van der Waals surface area (Å²) in [5.41, 5.74) is 0.225. The third kappa shape index (κ3) is 4.54. The molecular formula is C15H21NO3. The van der Waals surface area contributed by atoms with Crippen molar-refractivity contribution in [3.8, 4) is 5.75 Å². The molecule has 0 N–H and O–H groups in total. The molecule has 1 aliphatic rings. The van der Waals surface area contributed by atoms with E-state index >= 15 is 0 Å². The molecule has 19 heavy (non-hydrogen) atoms. The van der Waals surface area contributed by atoms with E-state index in [-0.39, 0.29) is 12.4 Å². The van der Waals surface area contributed by atoms with Gasteiger partial charge in [0.2, 0.25) is 0 Å². The van der Waals surface area contributed by atoms with Crippen molar-refractivity contribution in [2.24, 2.45) is 0 Å². The van der Waals surface area contributed by atoms with E-state index in [9.17, 15) is 4.79 Å². The van der Waals surface area contributed by atoms with Crippen LogP contribution in [0, 0.1) is 0 Å². The third-order valence-corrected chi connectivity index (χ3v) is 2.89. The van der Waals surface area contributed by atoms with Crippen molar-refractivity contribution in [3.63, 3.8) is 0 Å². The summed E-state index contributed by atoms with van der Waals surface area (Å²) in [4.78, 5) is 15.9. The molecule has 0 unspecified atom stereocenters. The van der Waals surface area contributed by atoms with Crippen molar-refractivity contribution in [3.05, 3.63) is 24.0 Å². The second-order valence-corrected chi connectivity index (χ2v) is 5.92. The van der Waals surface area contributed by atoms with Crippen molar-refractivity contribution < 1.29 is 14.3 Å². The third-order valence-electron chi connectivity index (χ3n) is 2.89. The average Bonchev–Trinajstić information content (AvgIpc) is 2.21. The molecule has 4 nitrogen and oxygen atoms in total. The number of pyridine rings is 1. The Balaban J connectivity index is 1.92. The Morgan fingerprint density at radius 2 is 2.16 bits per heavy atom. The van der Waals surface area contributed by atoms with E-state index in [0.717, 1.165) is 18.6 Å². The molecule has 0 spiro atoms. The number of rotatable bonds is 4. The monoisotopic (exact) mass is 263 g/mol. The van der Waals surface area contributed by atoms with Gasteiger partial charge in [-0.05, 0) is 46.1 Å². The number of ether oxygens (including phenoxy) is 2. The summed E-state index contributed by atoms with van der Waals surface area (Å²) in [7, 11) is 0. The molecule has 1 heterocycles. The lowest BCUT2D eigenvalue weighted by molar-refractivity contribution is -0.153. The van der Waals surface area contributed by atoms with Gasteiger partial charge in [0.05, 0.1) is 18.2 Å². The Bertz CT molecular complexity index is 447. The standard InChI is InChI=1S/C15H21NO3/c1-15(2,3)19-14(17)10-11-9-13(7-8-16-11)18-12-5-4-6-12/h7-9,12H,4-6,10H2,1-3H3. The van der Waals surface area contributed by atoms with Crippen molar-refractivity contribution in [1.29, 1.82) is 0 Å². The first-order valence-electron chi connectivity index (χ1n) is 6.76. The van der Waals surface area contributed by atoms with Gasteiger partial charge in [0.15, 0.2) is 0 Å². The topological polar surface area (TPSA) is 48.4 Å². The minimum atomic E-state index is -0.461. The van der Waals surface area contributed by atoms with E-state index in [1.54, 1.807) is 6.20 Å². The number of hydrogen-bond donors (Lipinski definition) is 0. The molecule has 0 radical (unpaired) electrons. The number of hydrogen-bond acceptors (Lipinski definition) is 4. The predicted octanol–water partition coefficient (Wildman–Crippen LogP) is 2.90. The zero-order valence-electron chi connectivity index (χ0n) is 11.8. The molecule has 0 saturated heterocycles. The Kier molecular flexibility index (Phi) is 4.08. The zero-order valence-corrected chi connectivity index (χ0v) is 11.8. The minimum absolute atomic E-state index is 0.180. The van der Waals surface area contributed by atoms with Gasteiger partial charge in [-0.2, -0.15) is 0 Å². The number of aromatic nitrogens is 1. The summed E-state index contributed by atoms with van der Waals surface area (Å²) in [5.74, 6) is 0.527. The van der Waals surface area contributed by atoms with Crippen LogP contribution >= 0.6 is 0 Å². The molecule has 1 saturated carbocycles. The first kappa shape index (κ1) is 13.8. The molecule has 0 atom stereocenters. The Morgan fingerprint density at radius 1 is 1.42 bits per heavy atom. The van der Waals surface area contributed by atoms with Crippen LogP contribution in [-0.2, 0) is 16.0 Å². The number of carbonyl (C=O) groups is 1. The highest BCUT2D eigenvalue weighted by atomic mass is 16.6. The zero-order chi connectivity index (χ0) is 13.9. The smallest absolute Gasteiger partial charge is 0.312 e. The molecule has 0 aliphatic heterocycles. The highest BCUT2D eigenvalue weighted by molar-refractivity contribution is 5.72. The maximum absolute atomic E-state index is 11.7. The van der Waals surface area contributed by atoms with Crippen LogP contribution in [0.3, 0.4) is 0 Å². The van der Waals surface area contributed by atoms with Crippen LogP contribution in [0.25, 0.3) is 0 Å². The van der Waals surface area contributed by atoms with Crippen LogP contribution in [-0.4, -0.2) is 22.7 Å². The minimum Gasteiger partial charge on any atom is -0.490 e. The first-order chi connectivity index (χ1) is 8.92. The maximum atomic E-state index is 11.7. The molecule has 1 fully saturated rings. The number of nitrogens with zero attached hydrogens (tertiary/aromatic N) is 1. The summed E-state index contributed by atoms with van der Waals surface area (Å²) in [6, 6.07) is 3.65. The van der Waals surface area contributed by atoms with Gasteiger partial charge >= 0.3 is 5.97 Å². The SMILES string of the molecule is CC(C)(C)OC(=O)Cc1cc(OC2CCC2)ccn1.